The molecule has 0 aromatic carbocycles. The highest BCUT2D eigenvalue weighted by molar-refractivity contribution is 5.75. The number of aliphatic carboxylic acids is 1. The topological polar surface area (TPSA) is 69.6 Å². The fourth-order valence-corrected chi connectivity index (χ4v) is 1.89. The van der Waals surface area contributed by atoms with Crippen LogP contribution in [0.5, 0.6) is 0 Å². The summed E-state index contributed by atoms with van der Waals surface area (Å²) in [4.78, 5) is 24.0. The minimum absolute atomic E-state index is 0.00780. The van der Waals surface area contributed by atoms with Crippen LogP contribution in [0.3, 0.4) is 0 Å². The summed E-state index contributed by atoms with van der Waals surface area (Å²) in [6, 6.07) is -0.0185. The number of hydrogen-bond acceptors (Lipinski definition) is 2. The maximum Gasteiger partial charge on any atom is 0.317 e. The predicted molar refractivity (Wildman–Crippen MR) is 76.3 cm³/mol. The van der Waals surface area contributed by atoms with Crippen molar-refractivity contribution in [3.05, 3.63) is 0 Å². The second kappa shape index (κ2) is 10.6. The highest BCUT2D eigenvalue weighted by Gasteiger charge is 2.14. The van der Waals surface area contributed by atoms with Crippen molar-refractivity contribution in [1.82, 2.24) is 10.2 Å². The van der Waals surface area contributed by atoms with Gasteiger partial charge in [-0.1, -0.05) is 32.6 Å². The zero-order chi connectivity index (χ0) is 14.7. The number of nitrogens with one attached hydrogen (secondary N) is 1. The summed E-state index contributed by atoms with van der Waals surface area (Å²) in [6.45, 7) is 6.82. The monoisotopic (exact) mass is 272 g/mol. The lowest BCUT2D eigenvalue weighted by Gasteiger charge is -2.23. The van der Waals surface area contributed by atoms with Crippen molar-refractivity contribution >= 4 is 12.0 Å². The van der Waals surface area contributed by atoms with Crippen LogP contribution >= 0.6 is 0 Å². The molecule has 0 spiro atoms. The summed E-state index contributed by atoms with van der Waals surface area (Å²) in [5, 5.41) is 11.6. The molecule has 0 radical (unpaired) electrons. The minimum atomic E-state index is -0.876. The highest BCUT2D eigenvalue weighted by atomic mass is 16.4. The number of urea groups is 1. The maximum absolute atomic E-state index is 11.9. The van der Waals surface area contributed by atoms with Crippen molar-refractivity contribution in [2.45, 2.75) is 65.3 Å². The average molecular weight is 272 g/mol. The van der Waals surface area contributed by atoms with Crippen LogP contribution in [-0.4, -0.2) is 41.1 Å². The molecule has 2 N–H and O–H groups in total. The number of amides is 2. The molecule has 19 heavy (non-hydrogen) atoms. The molecule has 0 saturated carbocycles. The van der Waals surface area contributed by atoms with Crippen LogP contribution in [0.25, 0.3) is 0 Å². The van der Waals surface area contributed by atoms with E-state index in [1.165, 1.54) is 24.2 Å². The van der Waals surface area contributed by atoms with E-state index in [1.54, 1.807) is 0 Å². The second-order valence-electron chi connectivity index (χ2n) is 4.92. The molecular formula is C14H28N2O3. The third-order valence-corrected chi connectivity index (χ3v) is 3.13. The number of carbonyl (C=O) groups excluding carboxylic acids is 1. The standard InChI is InChI=1S/C14H28N2O3/c1-4-6-7-8-9-12(3)15-14(19)16(5-2)11-10-13(17)18/h12H,4-11H2,1-3H3,(H,15,19)(H,17,18). The van der Waals surface area contributed by atoms with E-state index in [4.69, 9.17) is 5.11 Å². The van der Waals surface area contributed by atoms with Gasteiger partial charge in [-0.05, 0) is 20.3 Å². The van der Waals surface area contributed by atoms with Crippen molar-refractivity contribution in [2.24, 2.45) is 0 Å². The lowest BCUT2D eigenvalue weighted by molar-refractivity contribution is -0.137. The van der Waals surface area contributed by atoms with Gasteiger partial charge >= 0.3 is 12.0 Å². The van der Waals surface area contributed by atoms with Gasteiger partial charge in [-0.15, -0.1) is 0 Å². The third kappa shape index (κ3) is 9.33. The number of carbonyl (C=O) groups is 2. The van der Waals surface area contributed by atoms with Gasteiger partial charge in [0.25, 0.3) is 0 Å². The molecular weight excluding hydrogens is 244 g/mol. The normalized spacial score (nSPS) is 11.9. The van der Waals surface area contributed by atoms with Crippen LogP contribution in [0.15, 0.2) is 0 Å². The number of hydrogen-bond donors (Lipinski definition) is 2. The van der Waals surface area contributed by atoms with Gasteiger partial charge in [0.1, 0.15) is 0 Å². The van der Waals surface area contributed by atoms with Gasteiger partial charge in [-0.25, -0.2) is 4.79 Å². The molecule has 0 aromatic heterocycles. The molecule has 0 aliphatic carbocycles. The Labute approximate surface area is 116 Å². The van der Waals surface area contributed by atoms with Crippen LogP contribution in [0, 0.1) is 0 Å². The van der Waals surface area contributed by atoms with Gasteiger partial charge in [0, 0.05) is 19.1 Å². The van der Waals surface area contributed by atoms with E-state index in [2.05, 4.69) is 12.2 Å². The van der Waals surface area contributed by atoms with E-state index in [0.717, 1.165) is 12.8 Å². The van der Waals surface area contributed by atoms with Crippen LogP contribution in [0.1, 0.15) is 59.3 Å². The van der Waals surface area contributed by atoms with E-state index in [1.807, 2.05) is 13.8 Å². The number of nitrogens with zero attached hydrogens (tertiary/aromatic N) is 1. The van der Waals surface area contributed by atoms with Gasteiger partial charge in [0.05, 0.1) is 6.42 Å². The molecule has 0 fully saturated rings. The first-order valence-corrected chi connectivity index (χ1v) is 7.28. The SMILES string of the molecule is CCCCCCC(C)NC(=O)N(CC)CCC(=O)O. The zero-order valence-corrected chi connectivity index (χ0v) is 12.4. The van der Waals surface area contributed by atoms with Crippen LogP contribution < -0.4 is 5.32 Å². The molecule has 2 amide bonds. The van der Waals surface area contributed by atoms with Crippen LogP contribution in [0.2, 0.25) is 0 Å². The first-order chi connectivity index (χ1) is 9.01. The summed E-state index contributed by atoms with van der Waals surface area (Å²) in [5.74, 6) is -0.876. The first-order valence-electron chi connectivity index (χ1n) is 7.28. The highest BCUT2D eigenvalue weighted by Crippen LogP contribution is 2.05. The third-order valence-electron chi connectivity index (χ3n) is 3.13. The second-order valence-corrected chi connectivity index (χ2v) is 4.92. The number of carboxylic acid groups (broad SMARTS) is 1. The Kier molecular flexibility index (Phi) is 9.94. The Balaban J connectivity index is 3.93. The molecule has 112 valence electrons. The van der Waals surface area contributed by atoms with Gasteiger partial charge in [-0.3, -0.25) is 4.79 Å². The molecule has 5 nitrogen and oxygen atoms in total. The average Bonchev–Trinajstić information content (AvgIpc) is 2.35. The molecule has 0 bridgehead atoms. The van der Waals surface area contributed by atoms with E-state index in [9.17, 15) is 9.59 Å². The number of unbranched alkanes of at least 4 members (excludes halogenated alkanes) is 3. The van der Waals surface area contributed by atoms with Gasteiger partial charge in [0.15, 0.2) is 0 Å². The fraction of sp³-hybridized carbons (Fsp3) is 0.857. The Hall–Kier alpha value is -1.26. The Morgan fingerprint density at radius 2 is 1.89 bits per heavy atom. The summed E-state index contributed by atoms with van der Waals surface area (Å²) in [6.07, 6.45) is 5.73. The maximum atomic E-state index is 11.9. The molecule has 0 aliphatic heterocycles. The van der Waals surface area contributed by atoms with Crippen molar-refractivity contribution in [1.29, 1.82) is 0 Å². The predicted octanol–water partition coefficient (Wildman–Crippen LogP) is 2.85. The van der Waals surface area contributed by atoms with Crippen molar-refractivity contribution in [3.63, 3.8) is 0 Å². The molecule has 0 aromatic rings. The van der Waals surface area contributed by atoms with Crippen LogP contribution in [-0.2, 0) is 4.79 Å². The smallest absolute Gasteiger partial charge is 0.317 e. The van der Waals surface area contributed by atoms with Gasteiger partial charge in [-0.2, -0.15) is 0 Å². The first kappa shape index (κ1) is 17.7. The molecule has 1 atom stereocenters. The Morgan fingerprint density at radius 1 is 1.21 bits per heavy atom. The lowest BCUT2D eigenvalue weighted by atomic mass is 10.1. The largest absolute Gasteiger partial charge is 0.481 e. The Morgan fingerprint density at radius 3 is 2.42 bits per heavy atom. The van der Waals surface area contributed by atoms with Gasteiger partial charge in [0.2, 0.25) is 0 Å². The van der Waals surface area contributed by atoms with E-state index < -0.39 is 5.97 Å². The number of carboxylic acids is 1. The fourth-order valence-electron chi connectivity index (χ4n) is 1.89. The molecule has 0 aliphatic rings. The molecule has 0 saturated heterocycles. The van der Waals surface area contributed by atoms with E-state index >= 15 is 0 Å². The molecule has 1 unspecified atom stereocenters. The molecule has 5 heteroatoms. The summed E-state index contributed by atoms with van der Waals surface area (Å²) >= 11 is 0. The quantitative estimate of drug-likeness (QED) is 0.601. The van der Waals surface area contributed by atoms with E-state index in [0.29, 0.717) is 6.54 Å². The van der Waals surface area contributed by atoms with Crippen molar-refractivity contribution < 1.29 is 14.7 Å². The minimum Gasteiger partial charge on any atom is -0.481 e. The molecule has 0 rings (SSSR count). The number of rotatable bonds is 10. The van der Waals surface area contributed by atoms with E-state index in [-0.39, 0.29) is 25.0 Å². The van der Waals surface area contributed by atoms with Crippen molar-refractivity contribution in [2.75, 3.05) is 13.1 Å². The van der Waals surface area contributed by atoms with Crippen LogP contribution in [0.4, 0.5) is 4.79 Å². The lowest BCUT2D eigenvalue weighted by Crippen LogP contribution is -2.44. The summed E-state index contributed by atoms with van der Waals surface area (Å²) in [7, 11) is 0. The van der Waals surface area contributed by atoms with Crippen molar-refractivity contribution in [3.8, 4) is 0 Å². The Bertz CT molecular complexity index is 269. The molecule has 0 heterocycles. The zero-order valence-electron chi connectivity index (χ0n) is 12.4. The summed E-state index contributed by atoms with van der Waals surface area (Å²) in [5.41, 5.74) is 0. The van der Waals surface area contributed by atoms with Gasteiger partial charge < -0.3 is 15.3 Å². The summed E-state index contributed by atoms with van der Waals surface area (Å²) < 4.78 is 0.